The zero-order valence-electron chi connectivity index (χ0n) is 14.0. The fourth-order valence-electron chi connectivity index (χ4n) is 3.03. The lowest BCUT2D eigenvalue weighted by Crippen LogP contribution is -2.23. The Morgan fingerprint density at radius 3 is 2.92 bits per heavy atom. The molecule has 0 bridgehead atoms. The summed E-state index contributed by atoms with van der Waals surface area (Å²) in [4.78, 5) is 16.5. The lowest BCUT2D eigenvalue weighted by Gasteiger charge is -2.22. The van der Waals surface area contributed by atoms with Crippen molar-refractivity contribution in [1.29, 1.82) is 0 Å². The first-order valence-electron chi connectivity index (χ1n) is 8.57. The van der Waals surface area contributed by atoms with E-state index in [-0.39, 0.29) is 5.91 Å². The van der Waals surface area contributed by atoms with E-state index in [0.717, 1.165) is 39.0 Å². The van der Waals surface area contributed by atoms with Gasteiger partial charge in [-0.25, -0.2) is 10.4 Å². The summed E-state index contributed by atoms with van der Waals surface area (Å²) in [6, 6.07) is 8.04. The largest absolute Gasteiger partial charge is 0.272 e. The van der Waals surface area contributed by atoms with Gasteiger partial charge in [0.05, 0.1) is 16.0 Å². The van der Waals surface area contributed by atoms with E-state index in [0.29, 0.717) is 5.75 Å². The minimum atomic E-state index is -0.0533. The highest BCUT2D eigenvalue weighted by molar-refractivity contribution is 8.01. The second-order valence-electron chi connectivity index (χ2n) is 6.18. The number of benzene rings is 1. The van der Waals surface area contributed by atoms with Crippen LogP contribution in [0.4, 0.5) is 0 Å². The molecule has 0 radical (unpaired) electrons. The number of carbonyl (C=O) groups is 1. The topological polar surface area (TPSA) is 54.4 Å². The van der Waals surface area contributed by atoms with Crippen LogP contribution in [-0.4, -0.2) is 22.4 Å². The summed E-state index contributed by atoms with van der Waals surface area (Å²) in [6.45, 7) is 2.24. The van der Waals surface area contributed by atoms with Crippen molar-refractivity contribution >= 4 is 44.9 Å². The van der Waals surface area contributed by atoms with Crippen LogP contribution >= 0.6 is 23.1 Å². The number of carbonyl (C=O) groups excluding carboxylic acids is 1. The molecule has 128 valence electrons. The minimum absolute atomic E-state index is 0.0533. The fourth-order valence-corrected chi connectivity index (χ4v) is 4.89. The van der Waals surface area contributed by atoms with Gasteiger partial charge in [0.25, 0.3) is 5.91 Å². The molecule has 1 N–H and O–H groups in total. The van der Waals surface area contributed by atoms with Gasteiger partial charge in [-0.2, -0.15) is 5.10 Å². The van der Waals surface area contributed by atoms with Crippen LogP contribution in [0, 0.1) is 5.92 Å². The maximum atomic E-state index is 12.0. The van der Waals surface area contributed by atoms with E-state index in [2.05, 4.69) is 28.5 Å². The van der Waals surface area contributed by atoms with E-state index in [4.69, 9.17) is 0 Å². The van der Waals surface area contributed by atoms with Crippen molar-refractivity contribution < 1.29 is 4.79 Å². The number of rotatable bonds is 6. The van der Waals surface area contributed by atoms with E-state index >= 15 is 0 Å². The van der Waals surface area contributed by atoms with Crippen LogP contribution in [0.15, 0.2) is 33.7 Å². The molecule has 1 amide bonds. The first-order valence-corrected chi connectivity index (χ1v) is 10.4. The van der Waals surface area contributed by atoms with Crippen LogP contribution in [0.2, 0.25) is 0 Å². The molecule has 0 saturated heterocycles. The van der Waals surface area contributed by atoms with E-state index in [9.17, 15) is 4.79 Å². The third-order valence-corrected chi connectivity index (χ3v) is 6.50. The number of thioether (sulfide) groups is 1. The average molecular weight is 362 g/mol. The molecule has 6 heteroatoms. The summed E-state index contributed by atoms with van der Waals surface area (Å²) in [5, 5.41) is 4.32. The maximum absolute atomic E-state index is 12.0. The zero-order valence-corrected chi connectivity index (χ0v) is 15.6. The number of thiazole rings is 1. The van der Waals surface area contributed by atoms with Crippen LogP contribution in [0.5, 0.6) is 0 Å². The van der Waals surface area contributed by atoms with Crippen molar-refractivity contribution in [3.05, 3.63) is 24.3 Å². The van der Waals surface area contributed by atoms with Gasteiger partial charge in [-0.3, -0.25) is 4.79 Å². The minimum Gasteiger partial charge on any atom is -0.272 e. The Hall–Kier alpha value is -1.40. The molecule has 1 aliphatic rings. The number of para-hydroxylation sites is 1. The fraction of sp³-hybridized carbons (Fsp3) is 0.500. The number of hydrogen-bond acceptors (Lipinski definition) is 5. The molecule has 0 unspecified atom stereocenters. The second-order valence-corrected chi connectivity index (χ2v) is 8.43. The number of amides is 1. The SMILES string of the molecule is CCCC1CCC(=NNC(=O)CSc2nc3ccccc3s2)CC1. The first-order chi connectivity index (χ1) is 11.7. The van der Waals surface area contributed by atoms with Gasteiger partial charge in [0, 0.05) is 5.71 Å². The summed E-state index contributed by atoms with van der Waals surface area (Å²) in [7, 11) is 0. The number of nitrogens with zero attached hydrogens (tertiary/aromatic N) is 2. The molecule has 4 nitrogen and oxygen atoms in total. The molecule has 0 atom stereocenters. The average Bonchev–Trinajstić information content (AvgIpc) is 3.02. The third kappa shape index (κ3) is 4.80. The Morgan fingerprint density at radius 1 is 1.38 bits per heavy atom. The van der Waals surface area contributed by atoms with Crippen LogP contribution in [0.1, 0.15) is 45.4 Å². The van der Waals surface area contributed by atoms with Gasteiger partial charge >= 0.3 is 0 Å². The predicted octanol–water partition coefficient (Wildman–Crippen LogP) is 4.85. The molecule has 0 aliphatic heterocycles. The van der Waals surface area contributed by atoms with Crippen molar-refractivity contribution in [3.8, 4) is 0 Å². The normalized spacial score (nSPS) is 17.9. The van der Waals surface area contributed by atoms with E-state index in [1.165, 1.54) is 37.4 Å². The Balaban J connectivity index is 1.43. The molecule has 0 spiro atoms. The van der Waals surface area contributed by atoms with Crippen molar-refractivity contribution in [2.45, 2.75) is 49.8 Å². The van der Waals surface area contributed by atoms with Crippen LogP contribution < -0.4 is 5.43 Å². The van der Waals surface area contributed by atoms with Crippen molar-refractivity contribution in [2.24, 2.45) is 11.0 Å². The standard InChI is InChI=1S/C18H23N3OS2/c1-2-5-13-8-10-14(11-9-13)20-21-17(22)12-23-18-19-15-6-3-4-7-16(15)24-18/h3-4,6-7,13H,2,5,8-12H2,1H3,(H,21,22). The van der Waals surface area contributed by atoms with Gasteiger partial charge in [-0.15, -0.1) is 11.3 Å². The number of aromatic nitrogens is 1. The highest BCUT2D eigenvalue weighted by atomic mass is 32.2. The third-order valence-electron chi connectivity index (χ3n) is 4.32. The van der Waals surface area contributed by atoms with E-state index < -0.39 is 0 Å². The van der Waals surface area contributed by atoms with Crippen LogP contribution in [-0.2, 0) is 4.79 Å². The lowest BCUT2D eigenvalue weighted by molar-refractivity contribution is -0.118. The summed E-state index contributed by atoms with van der Waals surface area (Å²) >= 11 is 3.10. The molecule has 1 aromatic carbocycles. The molecule has 1 saturated carbocycles. The van der Waals surface area contributed by atoms with Gasteiger partial charge in [-0.1, -0.05) is 43.7 Å². The Labute approximate surface area is 151 Å². The number of nitrogens with one attached hydrogen (secondary N) is 1. The molecule has 24 heavy (non-hydrogen) atoms. The summed E-state index contributed by atoms with van der Waals surface area (Å²) in [5.41, 5.74) is 4.84. The van der Waals surface area contributed by atoms with Crippen molar-refractivity contribution in [2.75, 3.05) is 5.75 Å². The van der Waals surface area contributed by atoms with E-state index in [1.54, 1.807) is 11.3 Å². The molecule has 1 aliphatic carbocycles. The van der Waals surface area contributed by atoms with Gasteiger partial charge in [0.15, 0.2) is 4.34 Å². The molecular weight excluding hydrogens is 338 g/mol. The van der Waals surface area contributed by atoms with Gasteiger partial charge in [0.2, 0.25) is 0 Å². The highest BCUT2D eigenvalue weighted by Gasteiger charge is 2.17. The maximum Gasteiger partial charge on any atom is 0.250 e. The van der Waals surface area contributed by atoms with E-state index in [1.807, 2.05) is 18.2 Å². The summed E-state index contributed by atoms with van der Waals surface area (Å²) < 4.78 is 2.09. The number of hydrazone groups is 1. The monoisotopic (exact) mass is 361 g/mol. The van der Waals surface area contributed by atoms with Crippen molar-refractivity contribution in [3.63, 3.8) is 0 Å². The van der Waals surface area contributed by atoms with Crippen LogP contribution in [0.25, 0.3) is 10.2 Å². The Morgan fingerprint density at radius 2 is 2.17 bits per heavy atom. The number of fused-ring (bicyclic) bond motifs is 1. The first kappa shape index (κ1) is 17.4. The molecule has 1 heterocycles. The Kier molecular flexibility index (Phi) is 6.26. The molecule has 1 fully saturated rings. The lowest BCUT2D eigenvalue weighted by atomic mass is 9.85. The summed E-state index contributed by atoms with van der Waals surface area (Å²) in [5.74, 6) is 1.15. The van der Waals surface area contributed by atoms with Crippen LogP contribution in [0.3, 0.4) is 0 Å². The zero-order chi connectivity index (χ0) is 16.8. The number of hydrogen-bond donors (Lipinski definition) is 1. The highest BCUT2D eigenvalue weighted by Crippen LogP contribution is 2.29. The quantitative estimate of drug-likeness (QED) is 0.591. The second kappa shape index (κ2) is 8.62. The molecule has 2 aromatic rings. The molecule has 1 aromatic heterocycles. The van der Waals surface area contributed by atoms with Gasteiger partial charge in [0.1, 0.15) is 0 Å². The van der Waals surface area contributed by atoms with Gasteiger partial charge in [-0.05, 0) is 43.7 Å². The van der Waals surface area contributed by atoms with Crippen molar-refractivity contribution in [1.82, 2.24) is 10.4 Å². The van der Waals surface area contributed by atoms with Gasteiger partial charge < -0.3 is 0 Å². The Bertz CT molecular complexity index is 683. The predicted molar refractivity (Wildman–Crippen MR) is 103 cm³/mol. The molecule has 3 rings (SSSR count). The smallest absolute Gasteiger partial charge is 0.250 e. The summed E-state index contributed by atoms with van der Waals surface area (Å²) in [6.07, 6.45) is 7.05. The molecular formula is C18H23N3OS2.